The highest BCUT2D eigenvalue weighted by Gasteiger charge is 2.52. The van der Waals surface area contributed by atoms with Crippen molar-refractivity contribution in [2.45, 2.75) is 24.0 Å². The molecule has 0 spiro atoms. The SMILES string of the molecule is CCN(C(F)(c1ccc(Cl)cc1)C(F)F)S(=O)(=O)c1cncnc1. The Bertz CT molecular complexity index is 791. The monoisotopic (exact) mass is 379 g/mol. The molecule has 0 saturated carbocycles. The van der Waals surface area contributed by atoms with E-state index in [1.165, 1.54) is 19.1 Å². The van der Waals surface area contributed by atoms with Gasteiger partial charge in [0.05, 0.1) is 12.4 Å². The van der Waals surface area contributed by atoms with E-state index in [1.807, 2.05) is 0 Å². The molecule has 2 rings (SSSR count). The highest BCUT2D eigenvalue weighted by atomic mass is 35.5. The molecular formula is C14H13ClF3N3O2S. The summed E-state index contributed by atoms with van der Waals surface area (Å²) >= 11 is 5.68. The molecule has 0 saturated heterocycles. The van der Waals surface area contributed by atoms with Gasteiger partial charge in [-0.25, -0.2) is 31.6 Å². The summed E-state index contributed by atoms with van der Waals surface area (Å²) in [5.41, 5.74) is -0.524. The zero-order valence-corrected chi connectivity index (χ0v) is 14.0. The summed E-state index contributed by atoms with van der Waals surface area (Å²) in [7, 11) is -4.59. The summed E-state index contributed by atoms with van der Waals surface area (Å²) < 4.78 is 67.8. The molecule has 0 aliphatic rings. The van der Waals surface area contributed by atoms with E-state index in [-0.39, 0.29) is 9.33 Å². The molecule has 0 fully saturated rings. The van der Waals surface area contributed by atoms with Crippen molar-refractivity contribution in [1.82, 2.24) is 14.3 Å². The maximum Gasteiger partial charge on any atom is 0.290 e. The number of benzene rings is 1. The molecule has 2 aromatic rings. The van der Waals surface area contributed by atoms with Gasteiger partial charge in [-0.3, -0.25) is 0 Å². The molecule has 1 heterocycles. The van der Waals surface area contributed by atoms with Crippen LogP contribution in [0.4, 0.5) is 13.2 Å². The smallest absolute Gasteiger partial charge is 0.243 e. The van der Waals surface area contributed by atoms with Gasteiger partial charge in [0.15, 0.2) is 0 Å². The van der Waals surface area contributed by atoms with E-state index >= 15 is 4.39 Å². The standard InChI is InChI=1S/C14H13ClF3N3O2S/c1-2-21(24(22,23)12-7-19-9-20-8-12)14(18,13(16)17)10-3-5-11(15)6-4-10/h3-9,13H,2H2,1H3. The van der Waals surface area contributed by atoms with E-state index < -0.39 is 39.2 Å². The van der Waals surface area contributed by atoms with Gasteiger partial charge in [-0.05, 0) is 12.1 Å². The van der Waals surface area contributed by atoms with Crippen LogP contribution in [0, 0.1) is 0 Å². The number of aromatic nitrogens is 2. The Labute approximate surface area is 142 Å². The molecule has 10 heteroatoms. The summed E-state index contributed by atoms with van der Waals surface area (Å²) in [6, 6.07) is 4.46. The lowest BCUT2D eigenvalue weighted by Crippen LogP contribution is -2.51. The Kier molecular flexibility index (Phi) is 5.46. The van der Waals surface area contributed by atoms with Gasteiger partial charge in [0.1, 0.15) is 11.2 Å². The molecule has 24 heavy (non-hydrogen) atoms. The fourth-order valence-electron chi connectivity index (χ4n) is 2.18. The summed E-state index contributed by atoms with van der Waals surface area (Å²) in [6.45, 7) is 0.731. The van der Waals surface area contributed by atoms with Gasteiger partial charge in [-0.1, -0.05) is 30.7 Å². The first-order valence-corrected chi connectivity index (χ1v) is 8.57. The number of alkyl halides is 3. The molecule has 0 bridgehead atoms. The van der Waals surface area contributed by atoms with E-state index in [1.54, 1.807) is 0 Å². The van der Waals surface area contributed by atoms with Crippen molar-refractivity contribution in [3.63, 3.8) is 0 Å². The average molecular weight is 380 g/mol. The second-order valence-electron chi connectivity index (χ2n) is 4.72. The lowest BCUT2D eigenvalue weighted by molar-refractivity contribution is -0.111. The Hall–Kier alpha value is -1.71. The molecule has 1 atom stereocenters. The zero-order chi connectivity index (χ0) is 18.0. The zero-order valence-electron chi connectivity index (χ0n) is 12.4. The van der Waals surface area contributed by atoms with Crippen molar-refractivity contribution in [1.29, 1.82) is 0 Å². The van der Waals surface area contributed by atoms with Crippen molar-refractivity contribution in [2.24, 2.45) is 0 Å². The molecule has 0 aliphatic carbocycles. The van der Waals surface area contributed by atoms with Gasteiger partial charge in [0, 0.05) is 17.1 Å². The molecule has 0 N–H and O–H groups in total. The second kappa shape index (κ2) is 7.04. The fraction of sp³-hybridized carbons (Fsp3) is 0.286. The summed E-state index contributed by atoms with van der Waals surface area (Å²) in [5.74, 6) is -3.56. The number of nitrogens with zero attached hydrogens (tertiary/aromatic N) is 3. The van der Waals surface area contributed by atoms with Crippen LogP contribution in [0.2, 0.25) is 5.02 Å². The second-order valence-corrected chi connectivity index (χ2v) is 7.02. The maximum atomic E-state index is 15.3. The minimum atomic E-state index is -4.59. The average Bonchev–Trinajstić information content (AvgIpc) is 2.56. The molecule has 0 radical (unpaired) electrons. The number of halogens is 4. The van der Waals surface area contributed by atoms with Crippen LogP contribution in [-0.4, -0.2) is 35.7 Å². The topological polar surface area (TPSA) is 63.2 Å². The molecule has 1 aromatic carbocycles. The first-order valence-electron chi connectivity index (χ1n) is 6.75. The Morgan fingerprint density at radius 3 is 2.21 bits per heavy atom. The van der Waals surface area contributed by atoms with E-state index in [2.05, 4.69) is 9.97 Å². The lowest BCUT2D eigenvalue weighted by atomic mass is 10.0. The quantitative estimate of drug-likeness (QED) is 0.723. The summed E-state index contributed by atoms with van der Waals surface area (Å²) in [5, 5.41) is 0.206. The van der Waals surface area contributed by atoms with Crippen molar-refractivity contribution in [2.75, 3.05) is 6.54 Å². The normalized spacial score (nSPS) is 14.8. The summed E-state index contributed by atoms with van der Waals surface area (Å²) in [6.07, 6.45) is -0.722. The third-order valence-electron chi connectivity index (χ3n) is 3.31. The molecule has 130 valence electrons. The number of sulfonamides is 1. The largest absolute Gasteiger partial charge is 0.290 e. The Morgan fingerprint density at radius 2 is 1.75 bits per heavy atom. The van der Waals surface area contributed by atoms with E-state index in [0.29, 0.717) is 0 Å². The molecule has 1 aromatic heterocycles. The number of hydrogen-bond acceptors (Lipinski definition) is 4. The lowest BCUT2D eigenvalue weighted by Gasteiger charge is -2.35. The van der Waals surface area contributed by atoms with Crippen LogP contribution in [0.3, 0.4) is 0 Å². The van der Waals surface area contributed by atoms with Crippen LogP contribution < -0.4 is 0 Å². The first-order chi connectivity index (χ1) is 11.2. The number of rotatable bonds is 6. The van der Waals surface area contributed by atoms with Crippen LogP contribution in [0.1, 0.15) is 12.5 Å². The van der Waals surface area contributed by atoms with E-state index in [0.717, 1.165) is 30.9 Å². The van der Waals surface area contributed by atoms with E-state index in [4.69, 9.17) is 11.6 Å². The molecular weight excluding hydrogens is 367 g/mol. The van der Waals surface area contributed by atoms with Crippen LogP contribution in [0.25, 0.3) is 0 Å². The van der Waals surface area contributed by atoms with Crippen molar-refractivity contribution in [3.8, 4) is 0 Å². The molecule has 1 unspecified atom stereocenters. The van der Waals surface area contributed by atoms with Gasteiger partial charge in [0.2, 0.25) is 10.0 Å². The van der Waals surface area contributed by atoms with E-state index in [9.17, 15) is 17.2 Å². The van der Waals surface area contributed by atoms with Gasteiger partial charge in [0.25, 0.3) is 12.2 Å². The van der Waals surface area contributed by atoms with Crippen LogP contribution >= 0.6 is 11.6 Å². The van der Waals surface area contributed by atoms with Gasteiger partial charge in [-0.15, -0.1) is 0 Å². The minimum absolute atomic E-state index is 0.0899. The van der Waals surface area contributed by atoms with Gasteiger partial charge >= 0.3 is 0 Å². The van der Waals surface area contributed by atoms with Gasteiger partial charge < -0.3 is 0 Å². The maximum absolute atomic E-state index is 15.3. The van der Waals surface area contributed by atoms with Crippen molar-refractivity contribution < 1.29 is 21.6 Å². The predicted molar refractivity (Wildman–Crippen MR) is 81.8 cm³/mol. The minimum Gasteiger partial charge on any atom is -0.243 e. The third kappa shape index (κ3) is 3.24. The number of hydrogen-bond donors (Lipinski definition) is 0. The van der Waals surface area contributed by atoms with Crippen LogP contribution in [0.15, 0.2) is 47.9 Å². The Morgan fingerprint density at radius 1 is 1.21 bits per heavy atom. The molecule has 0 aliphatic heterocycles. The van der Waals surface area contributed by atoms with Crippen molar-refractivity contribution in [3.05, 3.63) is 53.6 Å². The predicted octanol–water partition coefficient (Wildman–Crippen LogP) is 3.23. The summed E-state index contributed by atoms with van der Waals surface area (Å²) in [4.78, 5) is 6.59. The highest BCUT2D eigenvalue weighted by molar-refractivity contribution is 7.89. The highest BCUT2D eigenvalue weighted by Crippen LogP contribution is 2.40. The Balaban J connectivity index is 2.62. The molecule has 0 amide bonds. The van der Waals surface area contributed by atoms with Crippen LogP contribution in [0.5, 0.6) is 0 Å². The van der Waals surface area contributed by atoms with Gasteiger partial charge in [-0.2, -0.15) is 4.31 Å². The van der Waals surface area contributed by atoms with Crippen molar-refractivity contribution >= 4 is 21.6 Å². The fourth-order valence-corrected chi connectivity index (χ4v) is 3.83. The molecule has 5 nitrogen and oxygen atoms in total. The third-order valence-corrected chi connectivity index (χ3v) is 5.48. The van der Waals surface area contributed by atoms with Crippen LogP contribution in [-0.2, 0) is 15.8 Å². The first kappa shape index (κ1) is 18.6.